The summed E-state index contributed by atoms with van der Waals surface area (Å²) in [5.74, 6) is 2.34. The highest BCUT2D eigenvalue weighted by molar-refractivity contribution is 5.48. The maximum atomic E-state index is 10.3. The Labute approximate surface area is 135 Å². The lowest BCUT2D eigenvalue weighted by Crippen LogP contribution is -2.30. The van der Waals surface area contributed by atoms with Crippen LogP contribution in [0.1, 0.15) is 36.7 Å². The highest BCUT2D eigenvalue weighted by Gasteiger charge is 2.29. The van der Waals surface area contributed by atoms with Crippen LogP contribution in [0.4, 0.5) is 0 Å². The molecule has 5 nitrogen and oxygen atoms in total. The molecule has 0 aliphatic carbocycles. The molecule has 2 aliphatic heterocycles. The van der Waals surface area contributed by atoms with Crippen molar-refractivity contribution >= 4 is 0 Å². The van der Waals surface area contributed by atoms with Crippen LogP contribution in [-0.4, -0.2) is 29.4 Å². The molecule has 0 bridgehead atoms. The zero-order chi connectivity index (χ0) is 15.6. The first-order valence-corrected chi connectivity index (χ1v) is 8.14. The molecule has 4 rings (SSSR count). The van der Waals surface area contributed by atoms with E-state index < -0.39 is 6.10 Å². The van der Waals surface area contributed by atoms with Crippen LogP contribution in [0.15, 0.2) is 41.0 Å². The van der Waals surface area contributed by atoms with Gasteiger partial charge >= 0.3 is 0 Å². The Balaban J connectivity index is 1.45. The third kappa shape index (κ3) is 2.94. The summed E-state index contributed by atoms with van der Waals surface area (Å²) in [5, 5.41) is 10.3. The normalized spacial score (nSPS) is 21.7. The molecule has 1 fully saturated rings. The van der Waals surface area contributed by atoms with Crippen LogP contribution in [0.25, 0.3) is 0 Å². The van der Waals surface area contributed by atoms with E-state index >= 15 is 0 Å². The van der Waals surface area contributed by atoms with Gasteiger partial charge in [-0.25, -0.2) is 0 Å². The molecule has 122 valence electrons. The van der Waals surface area contributed by atoms with E-state index in [0.29, 0.717) is 25.0 Å². The second-order valence-electron chi connectivity index (χ2n) is 6.18. The molecule has 1 N–H and O–H groups in total. The summed E-state index contributed by atoms with van der Waals surface area (Å²) >= 11 is 0. The molecule has 1 saturated heterocycles. The Morgan fingerprint density at radius 3 is 3.04 bits per heavy atom. The topological polar surface area (TPSA) is 55.1 Å². The Morgan fingerprint density at radius 1 is 1.22 bits per heavy atom. The minimum atomic E-state index is -0.545. The molecule has 2 aromatic rings. The maximum Gasteiger partial charge on any atom is 0.231 e. The summed E-state index contributed by atoms with van der Waals surface area (Å²) in [5.41, 5.74) is 1.15. The number of hydrogen-bond acceptors (Lipinski definition) is 5. The lowest BCUT2D eigenvalue weighted by molar-refractivity contribution is 0.0991. The minimum Gasteiger partial charge on any atom is -0.467 e. The lowest BCUT2D eigenvalue weighted by Gasteiger charge is -2.26. The standard InChI is InChI=1S/C18H21NO4/c20-15(16-7-3-9-21-16)10-14-5-2-8-19(14)11-13-4-1-6-17-18(13)23-12-22-17/h1,3-4,6-7,9,14-15,20H,2,5,8,10-12H2. The summed E-state index contributed by atoms with van der Waals surface area (Å²) in [6.45, 7) is 2.16. The minimum absolute atomic E-state index is 0.299. The number of fused-ring (bicyclic) bond motifs is 1. The fourth-order valence-corrected chi connectivity index (χ4v) is 3.56. The Bertz CT molecular complexity index is 655. The summed E-state index contributed by atoms with van der Waals surface area (Å²) in [4.78, 5) is 2.42. The number of rotatable bonds is 5. The van der Waals surface area contributed by atoms with Crippen LogP contribution in [0.5, 0.6) is 11.5 Å². The average Bonchev–Trinajstić information content (AvgIpc) is 3.29. The monoisotopic (exact) mass is 315 g/mol. The Morgan fingerprint density at radius 2 is 2.17 bits per heavy atom. The van der Waals surface area contributed by atoms with E-state index in [4.69, 9.17) is 13.9 Å². The molecule has 2 atom stereocenters. The molecule has 0 radical (unpaired) electrons. The van der Waals surface area contributed by atoms with Crippen molar-refractivity contribution in [1.29, 1.82) is 0 Å². The highest BCUT2D eigenvalue weighted by atomic mass is 16.7. The van der Waals surface area contributed by atoms with Crippen LogP contribution in [0.3, 0.4) is 0 Å². The smallest absolute Gasteiger partial charge is 0.231 e. The summed E-state index contributed by atoms with van der Waals surface area (Å²) < 4.78 is 16.4. The van der Waals surface area contributed by atoms with E-state index in [1.54, 1.807) is 6.26 Å². The fraction of sp³-hybridized carbons (Fsp3) is 0.444. The van der Waals surface area contributed by atoms with Gasteiger partial charge in [-0.15, -0.1) is 0 Å². The second kappa shape index (κ2) is 6.26. The van der Waals surface area contributed by atoms with Crippen molar-refractivity contribution in [2.24, 2.45) is 0 Å². The molecular formula is C18H21NO4. The molecule has 1 aromatic heterocycles. The zero-order valence-electron chi connectivity index (χ0n) is 13.0. The molecule has 0 saturated carbocycles. The van der Waals surface area contributed by atoms with Crippen molar-refractivity contribution in [2.75, 3.05) is 13.3 Å². The quantitative estimate of drug-likeness (QED) is 0.919. The number of hydrogen-bond donors (Lipinski definition) is 1. The van der Waals surface area contributed by atoms with E-state index in [1.165, 1.54) is 0 Å². The van der Waals surface area contributed by atoms with Gasteiger partial charge < -0.3 is 19.0 Å². The van der Waals surface area contributed by atoms with Crippen molar-refractivity contribution < 1.29 is 19.0 Å². The summed E-state index contributed by atoms with van der Waals surface area (Å²) in [6, 6.07) is 10.0. The van der Waals surface area contributed by atoms with Gasteiger partial charge in [-0.2, -0.15) is 0 Å². The van der Waals surface area contributed by atoms with E-state index in [2.05, 4.69) is 11.0 Å². The maximum absolute atomic E-state index is 10.3. The summed E-state index contributed by atoms with van der Waals surface area (Å²) in [6.07, 6.45) is 4.01. The van der Waals surface area contributed by atoms with E-state index in [9.17, 15) is 5.11 Å². The highest BCUT2D eigenvalue weighted by Crippen LogP contribution is 2.37. The van der Waals surface area contributed by atoms with E-state index in [1.807, 2.05) is 24.3 Å². The van der Waals surface area contributed by atoms with Gasteiger partial charge in [0.05, 0.1) is 6.26 Å². The predicted molar refractivity (Wildman–Crippen MR) is 84.3 cm³/mol. The second-order valence-corrected chi connectivity index (χ2v) is 6.18. The molecule has 2 unspecified atom stereocenters. The van der Waals surface area contributed by atoms with Crippen molar-refractivity contribution in [1.82, 2.24) is 4.90 Å². The first kappa shape index (κ1) is 14.6. The lowest BCUT2D eigenvalue weighted by atomic mass is 10.0. The number of ether oxygens (including phenoxy) is 2. The molecule has 0 amide bonds. The number of furan rings is 1. The third-order valence-corrected chi connectivity index (χ3v) is 4.72. The van der Waals surface area contributed by atoms with Crippen LogP contribution in [-0.2, 0) is 6.54 Å². The van der Waals surface area contributed by atoms with Crippen molar-refractivity contribution in [2.45, 2.75) is 38.0 Å². The number of aliphatic hydroxyl groups is 1. The van der Waals surface area contributed by atoms with E-state index in [0.717, 1.165) is 43.0 Å². The van der Waals surface area contributed by atoms with E-state index in [-0.39, 0.29) is 0 Å². The number of benzene rings is 1. The van der Waals surface area contributed by atoms with Gasteiger partial charge in [-0.3, -0.25) is 4.90 Å². The molecule has 0 spiro atoms. The Kier molecular flexibility index (Phi) is 3.97. The van der Waals surface area contributed by atoms with Crippen molar-refractivity contribution in [3.8, 4) is 11.5 Å². The third-order valence-electron chi connectivity index (χ3n) is 4.72. The molecular weight excluding hydrogens is 294 g/mol. The number of nitrogens with zero attached hydrogens (tertiary/aromatic N) is 1. The van der Waals surface area contributed by atoms with Crippen LogP contribution >= 0.6 is 0 Å². The predicted octanol–water partition coefficient (Wildman–Crippen LogP) is 3.10. The zero-order valence-corrected chi connectivity index (χ0v) is 13.0. The van der Waals surface area contributed by atoms with Gasteiger partial charge in [0.2, 0.25) is 6.79 Å². The molecule has 5 heteroatoms. The van der Waals surface area contributed by atoms with Crippen LogP contribution in [0.2, 0.25) is 0 Å². The van der Waals surface area contributed by atoms with Gasteiger partial charge in [0.25, 0.3) is 0 Å². The molecule has 1 aromatic carbocycles. The summed E-state index contributed by atoms with van der Waals surface area (Å²) in [7, 11) is 0. The first-order valence-electron chi connectivity index (χ1n) is 8.14. The SMILES string of the molecule is OC(CC1CCCN1Cc1cccc2c1OCO2)c1ccco1. The van der Waals surface area contributed by atoms with Gasteiger partial charge in [-0.1, -0.05) is 12.1 Å². The largest absolute Gasteiger partial charge is 0.467 e. The molecule has 3 heterocycles. The number of aliphatic hydroxyl groups excluding tert-OH is 1. The molecule has 23 heavy (non-hydrogen) atoms. The van der Waals surface area contributed by atoms with Crippen LogP contribution < -0.4 is 9.47 Å². The fourth-order valence-electron chi connectivity index (χ4n) is 3.56. The molecule has 2 aliphatic rings. The average molecular weight is 315 g/mol. The van der Waals surface area contributed by atoms with Gasteiger partial charge in [0.15, 0.2) is 11.5 Å². The van der Waals surface area contributed by atoms with Gasteiger partial charge in [0, 0.05) is 18.2 Å². The Hall–Kier alpha value is -1.98. The van der Waals surface area contributed by atoms with Gasteiger partial charge in [-0.05, 0) is 44.0 Å². The van der Waals surface area contributed by atoms with Crippen molar-refractivity contribution in [3.63, 3.8) is 0 Å². The van der Waals surface area contributed by atoms with Gasteiger partial charge in [0.1, 0.15) is 11.9 Å². The first-order chi connectivity index (χ1) is 11.3. The number of likely N-dealkylation sites (tertiary alicyclic amines) is 1. The van der Waals surface area contributed by atoms with Crippen molar-refractivity contribution in [3.05, 3.63) is 47.9 Å². The number of para-hydroxylation sites is 1. The van der Waals surface area contributed by atoms with Crippen LogP contribution in [0, 0.1) is 0 Å².